The number of hydrogen-bond donors (Lipinski definition) is 1. The number of amides is 1. The largest absolute Gasteiger partial charge is 0.393 e. The van der Waals surface area contributed by atoms with Gasteiger partial charge in [0.1, 0.15) is 0 Å². The van der Waals surface area contributed by atoms with Crippen LogP contribution in [0.15, 0.2) is 18.2 Å². The highest BCUT2D eigenvalue weighted by Crippen LogP contribution is 2.45. The summed E-state index contributed by atoms with van der Waals surface area (Å²) >= 11 is 0. The second-order valence-electron chi connectivity index (χ2n) is 7.78. The van der Waals surface area contributed by atoms with Crippen LogP contribution in [0.3, 0.4) is 0 Å². The average molecular weight is 339 g/mol. The third-order valence-electron chi connectivity index (χ3n) is 6.16. The topological polar surface area (TPSA) is 66.3 Å². The number of benzene rings is 1. The fourth-order valence-corrected chi connectivity index (χ4v) is 4.60. The predicted octanol–water partition coefficient (Wildman–Crippen LogP) is 2.87. The molecule has 0 aliphatic heterocycles. The Morgan fingerprint density at radius 2 is 1.64 bits per heavy atom. The highest BCUT2D eigenvalue weighted by atomic mass is 16.3. The quantitative estimate of drug-likeness (QED) is 0.914. The molecule has 25 heavy (non-hydrogen) atoms. The van der Waals surface area contributed by atoms with Crippen molar-refractivity contribution < 1.29 is 9.90 Å². The normalized spacial score (nSPS) is 28.3. The van der Waals surface area contributed by atoms with E-state index >= 15 is 0 Å². The first kappa shape index (κ1) is 16.5. The minimum atomic E-state index is -0.136. The van der Waals surface area contributed by atoms with Crippen LogP contribution < -0.4 is 0 Å². The van der Waals surface area contributed by atoms with Gasteiger partial charge < -0.3 is 10.0 Å². The fraction of sp³-hybridized carbons (Fsp3) is 0.550. The Morgan fingerprint density at radius 3 is 2.28 bits per heavy atom. The standard InChI is InChI=1S/C20H25N3O2/c1-11-12(2)22-19-10-13(4-5-18(19)21-11)20(25)23(3)16-6-14-8-17(24)9-15(14)7-16/h4-5,10,14-17,24H,6-9H2,1-3H3/t14-,15+,16?,17?. The molecule has 1 N–H and O–H groups in total. The molecule has 5 nitrogen and oxygen atoms in total. The molecule has 0 radical (unpaired) electrons. The van der Waals surface area contributed by atoms with Crippen molar-refractivity contribution in [3.05, 3.63) is 35.2 Å². The molecule has 132 valence electrons. The Morgan fingerprint density at radius 1 is 1.04 bits per heavy atom. The lowest BCUT2D eigenvalue weighted by Crippen LogP contribution is -2.36. The van der Waals surface area contributed by atoms with Gasteiger partial charge in [-0.3, -0.25) is 4.79 Å². The van der Waals surface area contributed by atoms with E-state index in [1.54, 1.807) is 0 Å². The van der Waals surface area contributed by atoms with E-state index in [2.05, 4.69) is 9.97 Å². The Bertz CT molecular complexity index is 821. The van der Waals surface area contributed by atoms with Gasteiger partial charge >= 0.3 is 0 Å². The number of rotatable bonds is 2. The molecule has 0 spiro atoms. The molecule has 5 heteroatoms. The molecule has 2 saturated carbocycles. The molecule has 1 aromatic heterocycles. The van der Waals surface area contributed by atoms with Gasteiger partial charge in [-0.15, -0.1) is 0 Å². The van der Waals surface area contributed by atoms with E-state index in [1.807, 2.05) is 44.0 Å². The van der Waals surface area contributed by atoms with Gasteiger partial charge in [-0.05, 0) is 69.6 Å². The van der Waals surface area contributed by atoms with Crippen molar-refractivity contribution in [3.63, 3.8) is 0 Å². The molecule has 4 rings (SSSR count). The summed E-state index contributed by atoms with van der Waals surface area (Å²) in [5, 5.41) is 9.80. The first-order chi connectivity index (χ1) is 11.9. The molecule has 4 atom stereocenters. The number of aromatic nitrogens is 2. The maximum absolute atomic E-state index is 12.9. The second kappa shape index (κ2) is 6.06. The van der Waals surface area contributed by atoms with Gasteiger partial charge in [-0.2, -0.15) is 0 Å². The molecule has 0 saturated heterocycles. The van der Waals surface area contributed by atoms with Gasteiger partial charge in [0.25, 0.3) is 5.91 Å². The van der Waals surface area contributed by atoms with E-state index in [9.17, 15) is 9.90 Å². The molecule has 2 fully saturated rings. The summed E-state index contributed by atoms with van der Waals surface area (Å²) in [5.74, 6) is 1.19. The van der Waals surface area contributed by atoms with Crippen molar-refractivity contribution in [2.45, 2.75) is 51.7 Å². The minimum Gasteiger partial charge on any atom is -0.393 e. The number of carbonyl (C=O) groups is 1. The monoisotopic (exact) mass is 339 g/mol. The molecular weight excluding hydrogens is 314 g/mol. The third-order valence-corrected chi connectivity index (χ3v) is 6.16. The van der Waals surface area contributed by atoms with Crippen LogP contribution in [0, 0.1) is 25.7 Å². The summed E-state index contributed by atoms with van der Waals surface area (Å²) in [5.41, 5.74) is 4.08. The smallest absolute Gasteiger partial charge is 0.253 e. The molecule has 2 aliphatic carbocycles. The van der Waals surface area contributed by atoms with Crippen molar-refractivity contribution in [2.24, 2.45) is 11.8 Å². The first-order valence-corrected chi connectivity index (χ1v) is 9.12. The molecule has 2 aromatic rings. The summed E-state index contributed by atoms with van der Waals surface area (Å²) in [7, 11) is 1.90. The Labute approximate surface area is 148 Å². The van der Waals surface area contributed by atoms with E-state index in [0.29, 0.717) is 17.4 Å². The van der Waals surface area contributed by atoms with Gasteiger partial charge in [0, 0.05) is 18.7 Å². The van der Waals surface area contributed by atoms with E-state index in [4.69, 9.17) is 0 Å². The van der Waals surface area contributed by atoms with Gasteiger partial charge in [-0.1, -0.05) is 0 Å². The lowest BCUT2D eigenvalue weighted by Gasteiger charge is -2.26. The van der Waals surface area contributed by atoms with Gasteiger partial charge in [0.05, 0.1) is 28.5 Å². The number of aryl methyl sites for hydroxylation is 2. The van der Waals surface area contributed by atoms with Crippen molar-refractivity contribution in [1.82, 2.24) is 14.9 Å². The lowest BCUT2D eigenvalue weighted by molar-refractivity contribution is 0.0722. The molecule has 1 heterocycles. The lowest BCUT2D eigenvalue weighted by atomic mass is 10.0. The van der Waals surface area contributed by atoms with Crippen LogP contribution >= 0.6 is 0 Å². The number of hydrogen-bond acceptors (Lipinski definition) is 4. The van der Waals surface area contributed by atoms with E-state index < -0.39 is 0 Å². The number of carbonyl (C=O) groups excluding carboxylic acids is 1. The molecular formula is C20H25N3O2. The Kier molecular flexibility index (Phi) is 3.99. The van der Waals surface area contributed by atoms with Crippen LogP contribution in [-0.2, 0) is 0 Å². The molecule has 2 unspecified atom stereocenters. The summed E-state index contributed by atoms with van der Waals surface area (Å²) in [6, 6.07) is 5.86. The van der Waals surface area contributed by atoms with Crippen LogP contribution in [0.5, 0.6) is 0 Å². The number of aliphatic hydroxyl groups is 1. The highest BCUT2D eigenvalue weighted by Gasteiger charge is 2.43. The Balaban J connectivity index is 1.54. The van der Waals surface area contributed by atoms with E-state index in [0.717, 1.165) is 48.1 Å². The zero-order valence-electron chi connectivity index (χ0n) is 15.1. The van der Waals surface area contributed by atoms with Gasteiger partial charge in [0.15, 0.2) is 0 Å². The maximum Gasteiger partial charge on any atom is 0.253 e. The fourth-order valence-electron chi connectivity index (χ4n) is 4.60. The zero-order valence-corrected chi connectivity index (χ0v) is 15.1. The van der Waals surface area contributed by atoms with E-state index in [1.165, 1.54) is 0 Å². The molecule has 1 aromatic carbocycles. The highest BCUT2D eigenvalue weighted by molar-refractivity contribution is 5.97. The number of nitrogens with zero attached hydrogens (tertiary/aromatic N) is 3. The molecule has 2 aliphatic rings. The van der Waals surface area contributed by atoms with Crippen LogP contribution in [0.2, 0.25) is 0 Å². The maximum atomic E-state index is 12.9. The average Bonchev–Trinajstić information content (AvgIpc) is 3.11. The van der Waals surface area contributed by atoms with Crippen molar-refractivity contribution >= 4 is 16.9 Å². The van der Waals surface area contributed by atoms with Crippen molar-refractivity contribution in [3.8, 4) is 0 Å². The SMILES string of the molecule is Cc1nc2ccc(C(=O)N(C)C3C[C@H]4CC(O)C[C@H]4C3)cc2nc1C. The van der Waals surface area contributed by atoms with Gasteiger partial charge in [-0.25, -0.2) is 9.97 Å². The number of aliphatic hydroxyl groups excluding tert-OH is 1. The summed E-state index contributed by atoms with van der Waals surface area (Å²) in [4.78, 5) is 23.9. The summed E-state index contributed by atoms with van der Waals surface area (Å²) in [6.07, 6.45) is 3.68. The van der Waals surface area contributed by atoms with Crippen molar-refractivity contribution in [2.75, 3.05) is 7.05 Å². The van der Waals surface area contributed by atoms with Crippen molar-refractivity contribution in [1.29, 1.82) is 0 Å². The Hall–Kier alpha value is -2.01. The van der Waals surface area contributed by atoms with E-state index in [-0.39, 0.29) is 18.1 Å². The number of fused-ring (bicyclic) bond motifs is 2. The minimum absolute atomic E-state index is 0.0486. The summed E-state index contributed by atoms with van der Waals surface area (Å²) in [6.45, 7) is 3.89. The predicted molar refractivity (Wildman–Crippen MR) is 96.3 cm³/mol. The van der Waals surface area contributed by atoms with Crippen LogP contribution in [0.25, 0.3) is 11.0 Å². The molecule has 1 amide bonds. The third kappa shape index (κ3) is 2.91. The van der Waals surface area contributed by atoms with Crippen LogP contribution in [0.1, 0.15) is 47.4 Å². The summed E-state index contributed by atoms with van der Waals surface area (Å²) < 4.78 is 0. The second-order valence-corrected chi connectivity index (χ2v) is 7.78. The van der Waals surface area contributed by atoms with Crippen LogP contribution in [-0.4, -0.2) is 45.1 Å². The first-order valence-electron chi connectivity index (χ1n) is 9.12. The van der Waals surface area contributed by atoms with Gasteiger partial charge in [0.2, 0.25) is 0 Å². The molecule has 0 bridgehead atoms. The zero-order chi connectivity index (χ0) is 17.7. The van der Waals surface area contributed by atoms with Crippen LogP contribution in [0.4, 0.5) is 0 Å².